The average molecular weight is 252 g/mol. The van der Waals surface area contributed by atoms with Crippen molar-refractivity contribution in [1.29, 1.82) is 0 Å². The van der Waals surface area contributed by atoms with Crippen molar-refractivity contribution in [2.75, 3.05) is 19.6 Å². The normalized spacial score (nSPS) is 22.3. The summed E-state index contributed by atoms with van der Waals surface area (Å²) in [7, 11) is 0. The molecule has 2 rings (SSSR count). The van der Waals surface area contributed by atoms with E-state index >= 15 is 0 Å². The van der Waals surface area contributed by atoms with Crippen molar-refractivity contribution in [3.8, 4) is 0 Å². The zero-order chi connectivity index (χ0) is 13.0. The number of likely N-dealkylation sites (tertiary alicyclic amines) is 1. The maximum absolute atomic E-state index is 11.9. The molecule has 2 aliphatic rings. The third kappa shape index (κ3) is 3.29. The first kappa shape index (κ1) is 13.0. The number of hydrogen-bond acceptors (Lipinski definition) is 4. The molecule has 0 bridgehead atoms. The van der Waals surface area contributed by atoms with E-state index < -0.39 is 0 Å². The van der Waals surface area contributed by atoms with Crippen LogP contribution in [0.3, 0.4) is 0 Å². The van der Waals surface area contributed by atoms with E-state index in [1.807, 2.05) is 0 Å². The van der Waals surface area contributed by atoms with E-state index in [9.17, 15) is 9.59 Å². The number of carbonyl (C=O) groups excluding carboxylic acids is 2. The van der Waals surface area contributed by atoms with Gasteiger partial charge in [-0.15, -0.1) is 0 Å². The van der Waals surface area contributed by atoms with Gasteiger partial charge < -0.3 is 10.2 Å². The summed E-state index contributed by atoms with van der Waals surface area (Å²) in [4.78, 5) is 25.2. The number of nitrogens with zero attached hydrogens (tertiary/aromatic N) is 2. The van der Waals surface area contributed by atoms with Gasteiger partial charge in [0.15, 0.2) is 0 Å². The van der Waals surface area contributed by atoms with Crippen LogP contribution in [0, 0.1) is 0 Å². The van der Waals surface area contributed by atoms with Gasteiger partial charge in [-0.25, -0.2) is 5.43 Å². The SMILES string of the molecule is CCN1CCC(NC(=O)C2=NNC(=O)CC2)CC1. The van der Waals surface area contributed by atoms with Crippen molar-refractivity contribution in [2.24, 2.45) is 5.10 Å². The van der Waals surface area contributed by atoms with Gasteiger partial charge >= 0.3 is 0 Å². The molecule has 2 aliphatic heterocycles. The molecule has 0 unspecified atom stereocenters. The monoisotopic (exact) mass is 252 g/mol. The van der Waals surface area contributed by atoms with Crippen molar-refractivity contribution in [1.82, 2.24) is 15.6 Å². The molecular formula is C12H20N4O2. The smallest absolute Gasteiger partial charge is 0.267 e. The molecule has 6 heteroatoms. The molecule has 0 aromatic heterocycles. The molecule has 2 heterocycles. The maximum Gasteiger partial charge on any atom is 0.267 e. The van der Waals surface area contributed by atoms with Gasteiger partial charge in [0.1, 0.15) is 5.71 Å². The van der Waals surface area contributed by atoms with E-state index in [0.717, 1.165) is 32.5 Å². The van der Waals surface area contributed by atoms with E-state index in [1.165, 1.54) is 0 Å². The van der Waals surface area contributed by atoms with E-state index in [2.05, 4.69) is 27.7 Å². The fourth-order valence-electron chi connectivity index (χ4n) is 2.30. The molecule has 100 valence electrons. The first-order valence-corrected chi connectivity index (χ1v) is 6.57. The maximum atomic E-state index is 11.9. The zero-order valence-corrected chi connectivity index (χ0v) is 10.7. The second kappa shape index (κ2) is 5.95. The van der Waals surface area contributed by atoms with Crippen molar-refractivity contribution in [3.63, 3.8) is 0 Å². The van der Waals surface area contributed by atoms with E-state index in [0.29, 0.717) is 18.6 Å². The Balaban J connectivity index is 1.80. The zero-order valence-electron chi connectivity index (χ0n) is 10.7. The summed E-state index contributed by atoms with van der Waals surface area (Å²) >= 11 is 0. The molecule has 0 radical (unpaired) electrons. The van der Waals surface area contributed by atoms with Crippen LogP contribution in [0.4, 0.5) is 0 Å². The summed E-state index contributed by atoms with van der Waals surface area (Å²) in [5, 5.41) is 6.80. The third-order valence-corrected chi connectivity index (χ3v) is 3.54. The third-order valence-electron chi connectivity index (χ3n) is 3.54. The van der Waals surface area contributed by atoms with Crippen LogP contribution in [-0.2, 0) is 9.59 Å². The highest BCUT2D eigenvalue weighted by Gasteiger charge is 2.23. The molecule has 6 nitrogen and oxygen atoms in total. The van der Waals surface area contributed by atoms with E-state index in [1.54, 1.807) is 0 Å². The summed E-state index contributed by atoms with van der Waals surface area (Å²) in [6.07, 6.45) is 2.75. The molecule has 1 fully saturated rings. The summed E-state index contributed by atoms with van der Waals surface area (Å²) in [5.41, 5.74) is 2.78. The van der Waals surface area contributed by atoms with Crippen LogP contribution in [0.25, 0.3) is 0 Å². The highest BCUT2D eigenvalue weighted by molar-refractivity contribution is 6.39. The number of amides is 2. The molecule has 0 atom stereocenters. The van der Waals surface area contributed by atoms with Crippen LogP contribution in [0.2, 0.25) is 0 Å². The average Bonchev–Trinajstić information content (AvgIpc) is 2.40. The minimum atomic E-state index is -0.134. The Labute approximate surface area is 107 Å². The van der Waals surface area contributed by atoms with Crippen LogP contribution in [-0.4, -0.2) is 48.1 Å². The highest BCUT2D eigenvalue weighted by atomic mass is 16.2. The van der Waals surface area contributed by atoms with Gasteiger partial charge in [0.05, 0.1) is 0 Å². The van der Waals surface area contributed by atoms with Crippen molar-refractivity contribution < 1.29 is 9.59 Å². The van der Waals surface area contributed by atoms with E-state index in [4.69, 9.17) is 0 Å². The lowest BCUT2D eigenvalue weighted by Gasteiger charge is -2.31. The lowest BCUT2D eigenvalue weighted by molar-refractivity contribution is -0.121. The molecule has 0 spiro atoms. The van der Waals surface area contributed by atoms with Gasteiger partial charge in [-0.2, -0.15) is 5.10 Å². The molecule has 2 amide bonds. The molecular weight excluding hydrogens is 232 g/mol. The number of piperidine rings is 1. The van der Waals surface area contributed by atoms with Crippen LogP contribution in [0.15, 0.2) is 5.10 Å². The van der Waals surface area contributed by atoms with Crippen LogP contribution in [0.5, 0.6) is 0 Å². The lowest BCUT2D eigenvalue weighted by Crippen LogP contribution is -2.47. The van der Waals surface area contributed by atoms with Crippen molar-refractivity contribution in [2.45, 2.75) is 38.6 Å². The van der Waals surface area contributed by atoms with Crippen LogP contribution in [0.1, 0.15) is 32.6 Å². The molecule has 1 saturated heterocycles. The Morgan fingerprint density at radius 2 is 2.17 bits per heavy atom. The molecule has 0 aliphatic carbocycles. The second-order valence-corrected chi connectivity index (χ2v) is 4.78. The summed E-state index contributed by atoms with van der Waals surface area (Å²) < 4.78 is 0. The molecule has 0 aromatic carbocycles. The van der Waals surface area contributed by atoms with Crippen molar-refractivity contribution >= 4 is 17.5 Å². The van der Waals surface area contributed by atoms with Gasteiger partial charge in [0.2, 0.25) is 5.91 Å². The van der Waals surface area contributed by atoms with Gasteiger partial charge in [0.25, 0.3) is 5.91 Å². The molecule has 0 aromatic rings. The van der Waals surface area contributed by atoms with Gasteiger partial charge in [-0.3, -0.25) is 9.59 Å². The summed E-state index contributed by atoms with van der Waals surface area (Å²) in [5.74, 6) is -0.257. The molecule has 2 N–H and O–H groups in total. The lowest BCUT2D eigenvalue weighted by atomic mass is 10.0. The quantitative estimate of drug-likeness (QED) is 0.734. The second-order valence-electron chi connectivity index (χ2n) is 4.78. The topological polar surface area (TPSA) is 73.8 Å². The largest absolute Gasteiger partial charge is 0.348 e. The minimum absolute atomic E-state index is 0.122. The number of hydrogen-bond donors (Lipinski definition) is 2. The van der Waals surface area contributed by atoms with E-state index in [-0.39, 0.29) is 17.9 Å². The predicted molar refractivity (Wildman–Crippen MR) is 68.1 cm³/mol. The standard InChI is InChI=1S/C12H20N4O2/c1-2-16-7-5-9(6-8-16)13-12(18)10-3-4-11(17)15-14-10/h9H,2-8H2,1H3,(H,13,18)(H,15,17). The first-order chi connectivity index (χ1) is 8.69. The Morgan fingerprint density at radius 3 is 2.72 bits per heavy atom. The Bertz CT molecular complexity index is 359. The fraction of sp³-hybridized carbons (Fsp3) is 0.750. The van der Waals surface area contributed by atoms with Crippen molar-refractivity contribution in [3.05, 3.63) is 0 Å². The molecule has 18 heavy (non-hydrogen) atoms. The Hall–Kier alpha value is -1.43. The minimum Gasteiger partial charge on any atom is -0.348 e. The van der Waals surface area contributed by atoms with Crippen LogP contribution < -0.4 is 10.7 Å². The number of nitrogens with one attached hydrogen (secondary N) is 2. The highest BCUT2D eigenvalue weighted by Crippen LogP contribution is 2.10. The number of rotatable bonds is 3. The fourth-order valence-corrected chi connectivity index (χ4v) is 2.30. The van der Waals surface area contributed by atoms with Crippen LogP contribution >= 0.6 is 0 Å². The number of carbonyl (C=O) groups is 2. The van der Waals surface area contributed by atoms with Gasteiger partial charge in [-0.05, 0) is 19.4 Å². The van der Waals surface area contributed by atoms with Gasteiger partial charge in [-0.1, -0.05) is 6.92 Å². The first-order valence-electron chi connectivity index (χ1n) is 6.57. The summed E-state index contributed by atoms with van der Waals surface area (Å²) in [6.45, 7) is 5.28. The predicted octanol–water partition coefficient (Wildman–Crippen LogP) is -0.147. The summed E-state index contributed by atoms with van der Waals surface area (Å²) in [6, 6.07) is 0.237. The number of hydrazone groups is 1. The molecule has 0 saturated carbocycles. The Kier molecular flexibility index (Phi) is 4.30. The van der Waals surface area contributed by atoms with Gasteiger partial charge in [0, 0.05) is 32.0 Å². The Morgan fingerprint density at radius 1 is 1.44 bits per heavy atom.